The van der Waals surface area contributed by atoms with Gasteiger partial charge in [0.05, 0.1) is 5.75 Å². The SMILES string of the molecule is Cc1ccc2c(c1)S(=O)(=O)Cc1ccccc1O2. The van der Waals surface area contributed by atoms with Gasteiger partial charge in [-0.05, 0) is 30.7 Å². The highest BCUT2D eigenvalue weighted by Gasteiger charge is 2.26. The molecule has 18 heavy (non-hydrogen) atoms. The number of sulfone groups is 1. The first-order valence-electron chi connectivity index (χ1n) is 5.65. The lowest BCUT2D eigenvalue weighted by molar-refractivity contribution is 0.468. The Morgan fingerprint density at radius 3 is 2.67 bits per heavy atom. The Kier molecular flexibility index (Phi) is 2.41. The van der Waals surface area contributed by atoms with Gasteiger partial charge >= 0.3 is 0 Å². The smallest absolute Gasteiger partial charge is 0.186 e. The molecule has 0 amide bonds. The highest BCUT2D eigenvalue weighted by Crippen LogP contribution is 2.37. The maximum absolute atomic E-state index is 12.3. The first-order chi connectivity index (χ1) is 8.56. The van der Waals surface area contributed by atoms with Crippen molar-refractivity contribution >= 4 is 9.84 Å². The van der Waals surface area contributed by atoms with Crippen molar-refractivity contribution in [2.75, 3.05) is 0 Å². The summed E-state index contributed by atoms with van der Waals surface area (Å²) in [6.07, 6.45) is 0. The molecular formula is C14H12O3S. The summed E-state index contributed by atoms with van der Waals surface area (Å²) in [5, 5.41) is 0. The predicted molar refractivity (Wildman–Crippen MR) is 68.6 cm³/mol. The molecule has 0 fully saturated rings. The lowest BCUT2D eigenvalue weighted by Crippen LogP contribution is -2.03. The Labute approximate surface area is 106 Å². The van der Waals surface area contributed by atoms with Gasteiger partial charge in [0.1, 0.15) is 16.4 Å². The summed E-state index contributed by atoms with van der Waals surface area (Å²) < 4.78 is 30.4. The molecular weight excluding hydrogens is 248 g/mol. The van der Waals surface area contributed by atoms with Gasteiger partial charge in [0.15, 0.2) is 9.84 Å². The van der Waals surface area contributed by atoms with Crippen LogP contribution in [0.5, 0.6) is 11.5 Å². The van der Waals surface area contributed by atoms with Crippen LogP contribution in [0.15, 0.2) is 47.4 Å². The monoisotopic (exact) mass is 260 g/mol. The third-order valence-electron chi connectivity index (χ3n) is 2.97. The van der Waals surface area contributed by atoms with Crippen LogP contribution in [0.2, 0.25) is 0 Å². The van der Waals surface area contributed by atoms with Gasteiger partial charge in [0.2, 0.25) is 0 Å². The van der Waals surface area contributed by atoms with Crippen LogP contribution in [0.3, 0.4) is 0 Å². The molecule has 3 nitrogen and oxygen atoms in total. The Morgan fingerprint density at radius 1 is 1.06 bits per heavy atom. The first-order valence-corrected chi connectivity index (χ1v) is 7.31. The molecule has 3 rings (SSSR count). The molecule has 1 heterocycles. The Hall–Kier alpha value is -1.81. The summed E-state index contributed by atoms with van der Waals surface area (Å²) >= 11 is 0. The maximum atomic E-state index is 12.3. The van der Waals surface area contributed by atoms with Gasteiger partial charge < -0.3 is 4.74 Å². The molecule has 4 heteroatoms. The van der Waals surface area contributed by atoms with Gasteiger partial charge in [0.25, 0.3) is 0 Å². The molecule has 2 aromatic rings. The van der Waals surface area contributed by atoms with Gasteiger partial charge in [0, 0.05) is 5.56 Å². The molecule has 0 aliphatic carbocycles. The molecule has 92 valence electrons. The van der Waals surface area contributed by atoms with Crippen LogP contribution in [-0.4, -0.2) is 8.42 Å². The van der Waals surface area contributed by atoms with Gasteiger partial charge in [-0.3, -0.25) is 0 Å². The number of benzene rings is 2. The summed E-state index contributed by atoms with van der Waals surface area (Å²) in [6.45, 7) is 1.87. The molecule has 0 saturated carbocycles. The number of para-hydroxylation sites is 1. The third kappa shape index (κ3) is 1.78. The number of hydrogen-bond acceptors (Lipinski definition) is 3. The van der Waals surface area contributed by atoms with E-state index in [1.807, 2.05) is 25.1 Å². The minimum atomic E-state index is -3.34. The summed E-state index contributed by atoms with van der Waals surface area (Å²) in [5.74, 6) is 1.01. The minimum absolute atomic E-state index is 0.0143. The molecule has 0 atom stereocenters. The lowest BCUT2D eigenvalue weighted by atomic mass is 10.2. The highest BCUT2D eigenvalue weighted by atomic mass is 32.2. The molecule has 1 aliphatic rings. The van der Waals surface area contributed by atoms with E-state index in [1.165, 1.54) is 0 Å². The normalized spacial score (nSPS) is 16.1. The van der Waals surface area contributed by atoms with E-state index >= 15 is 0 Å². The fourth-order valence-electron chi connectivity index (χ4n) is 2.07. The standard InChI is InChI=1S/C14H12O3S/c1-10-6-7-13-14(8-10)18(15,16)9-11-4-2-3-5-12(11)17-13/h2-8H,9H2,1H3. The van der Waals surface area contributed by atoms with Crippen molar-refractivity contribution < 1.29 is 13.2 Å². The second-order valence-electron chi connectivity index (χ2n) is 4.42. The predicted octanol–water partition coefficient (Wildman–Crippen LogP) is 3.07. The van der Waals surface area contributed by atoms with Crippen LogP contribution in [0.25, 0.3) is 0 Å². The van der Waals surface area contributed by atoms with Crippen molar-refractivity contribution in [2.24, 2.45) is 0 Å². The highest BCUT2D eigenvalue weighted by molar-refractivity contribution is 7.90. The van der Waals surface area contributed by atoms with Crippen molar-refractivity contribution in [3.8, 4) is 11.5 Å². The molecule has 0 spiro atoms. The fourth-order valence-corrected chi connectivity index (χ4v) is 3.65. The molecule has 0 unspecified atom stereocenters. The number of rotatable bonds is 0. The van der Waals surface area contributed by atoms with Gasteiger partial charge in [-0.2, -0.15) is 0 Å². The second-order valence-corrected chi connectivity index (χ2v) is 6.38. The summed E-state index contributed by atoms with van der Waals surface area (Å²) in [4.78, 5) is 0.277. The zero-order chi connectivity index (χ0) is 12.8. The van der Waals surface area contributed by atoms with E-state index in [1.54, 1.807) is 24.3 Å². The number of fused-ring (bicyclic) bond motifs is 2. The second kappa shape index (κ2) is 3.85. The topological polar surface area (TPSA) is 43.4 Å². The van der Waals surface area contributed by atoms with Crippen LogP contribution in [0, 0.1) is 6.92 Å². The zero-order valence-corrected chi connectivity index (χ0v) is 10.7. The summed E-state index contributed by atoms with van der Waals surface area (Å²) in [5.41, 5.74) is 1.61. The number of aryl methyl sites for hydroxylation is 1. The van der Waals surface area contributed by atoms with Crippen LogP contribution in [0.4, 0.5) is 0 Å². The van der Waals surface area contributed by atoms with E-state index < -0.39 is 9.84 Å². The van der Waals surface area contributed by atoms with Crippen LogP contribution < -0.4 is 4.74 Å². The van der Waals surface area contributed by atoms with Crippen molar-refractivity contribution in [1.29, 1.82) is 0 Å². The Morgan fingerprint density at radius 2 is 1.83 bits per heavy atom. The van der Waals surface area contributed by atoms with E-state index in [9.17, 15) is 8.42 Å². The number of ether oxygens (including phenoxy) is 1. The first kappa shape index (κ1) is 11.3. The summed E-state index contributed by atoms with van der Waals surface area (Å²) in [7, 11) is -3.34. The molecule has 2 aromatic carbocycles. The minimum Gasteiger partial charge on any atom is -0.456 e. The average Bonchev–Trinajstić information content (AvgIpc) is 2.43. The van der Waals surface area contributed by atoms with Gasteiger partial charge in [-0.25, -0.2) is 8.42 Å². The van der Waals surface area contributed by atoms with Crippen LogP contribution >= 0.6 is 0 Å². The average molecular weight is 260 g/mol. The molecule has 0 radical (unpaired) electrons. The number of hydrogen-bond donors (Lipinski definition) is 0. The molecule has 0 N–H and O–H groups in total. The lowest BCUT2D eigenvalue weighted by Gasteiger charge is -2.07. The molecule has 0 saturated heterocycles. The van der Waals surface area contributed by atoms with E-state index in [2.05, 4.69) is 0 Å². The Bertz CT molecular complexity index is 718. The Balaban J connectivity index is 2.28. The largest absolute Gasteiger partial charge is 0.456 e. The molecule has 0 aromatic heterocycles. The maximum Gasteiger partial charge on any atom is 0.186 e. The van der Waals surface area contributed by atoms with Crippen molar-refractivity contribution in [3.63, 3.8) is 0 Å². The van der Waals surface area contributed by atoms with Crippen LogP contribution in [-0.2, 0) is 15.6 Å². The van der Waals surface area contributed by atoms with Crippen molar-refractivity contribution in [1.82, 2.24) is 0 Å². The van der Waals surface area contributed by atoms with E-state index in [4.69, 9.17) is 4.74 Å². The van der Waals surface area contributed by atoms with Gasteiger partial charge in [-0.15, -0.1) is 0 Å². The zero-order valence-electron chi connectivity index (χ0n) is 9.88. The third-order valence-corrected chi connectivity index (χ3v) is 4.65. The van der Waals surface area contributed by atoms with Crippen molar-refractivity contribution in [3.05, 3.63) is 53.6 Å². The van der Waals surface area contributed by atoms with E-state index in [0.717, 1.165) is 5.56 Å². The van der Waals surface area contributed by atoms with E-state index in [0.29, 0.717) is 17.1 Å². The summed E-state index contributed by atoms with van der Waals surface area (Å²) in [6, 6.07) is 12.5. The quantitative estimate of drug-likeness (QED) is 0.731. The molecule has 0 bridgehead atoms. The fraction of sp³-hybridized carbons (Fsp3) is 0.143. The molecule has 1 aliphatic heterocycles. The van der Waals surface area contributed by atoms with E-state index in [-0.39, 0.29) is 10.6 Å². The van der Waals surface area contributed by atoms with Gasteiger partial charge in [-0.1, -0.05) is 24.3 Å². The van der Waals surface area contributed by atoms with Crippen LogP contribution in [0.1, 0.15) is 11.1 Å². The van der Waals surface area contributed by atoms with Crippen molar-refractivity contribution in [2.45, 2.75) is 17.6 Å².